The molecule has 2 aromatic carbocycles. The number of rotatable bonds is 4. The van der Waals surface area contributed by atoms with Gasteiger partial charge >= 0.3 is 5.97 Å². The Kier molecular flexibility index (Phi) is 5.13. The molecule has 1 aromatic heterocycles. The molecule has 0 N–H and O–H groups in total. The summed E-state index contributed by atoms with van der Waals surface area (Å²) in [7, 11) is 1.35. The molecule has 6 heteroatoms. The van der Waals surface area contributed by atoms with E-state index in [9.17, 15) is 9.59 Å². The lowest BCUT2D eigenvalue weighted by molar-refractivity contribution is -0.139. The van der Waals surface area contributed by atoms with Crippen LogP contribution in [0.25, 0.3) is 16.6 Å². The Labute approximate surface area is 156 Å². The maximum absolute atomic E-state index is 13.3. The maximum atomic E-state index is 13.3. The van der Waals surface area contributed by atoms with E-state index >= 15 is 0 Å². The van der Waals surface area contributed by atoms with Crippen molar-refractivity contribution in [3.8, 4) is 5.69 Å². The van der Waals surface area contributed by atoms with Crippen molar-refractivity contribution in [1.82, 2.24) is 9.55 Å². The Bertz CT molecular complexity index is 1020. The van der Waals surface area contributed by atoms with Gasteiger partial charge in [0.15, 0.2) is 5.16 Å². The highest BCUT2D eigenvalue weighted by molar-refractivity contribution is 8.00. The Balaban J connectivity index is 2.32. The first-order valence-corrected chi connectivity index (χ1v) is 9.15. The highest BCUT2D eigenvalue weighted by Crippen LogP contribution is 2.28. The van der Waals surface area contributed by atoms with Crippen LogP contribution in [0.5, 0.6) is 0 Å². The van der Waals surface area contributed by atoms with Crippen LogP contribution in [0.3, 0.4) is 0 Å². The van der Waals surface area contributed by atoms with E-state index in [-0.39, 0.29) is 11.5 Å². The van der Waals surface area contributed by atoms with E-state index in [4.69, 9.17) is 4.74 Å². The molecule has 0 aliphatic heterocycles. The number of benzene rings is 2. The molecule has 0 bridgehead atoms. The molecular weight excluding hydrogens is 348 g/mol. The van der Waals surface area contributed by atoms with Crippen LogP contribution in [0.4, 0.5) is 0 Å². The third-order valence-corrected chi connectivity index (χ3v) is 5.25. The number of esters is 1. The number of para-hydroxylation sites is 2. The third-order valence-electron chi connectivity index (χ3n) is 4.22. The minimum atomic E-state index is -0.483. The summed E-state index contributed by atoms with van der Waals surface area (Å²) < 4.78 is 6.43. The van der Waals surface area contributed by atoms with E-state index in [0.29, 0.717) is 16.1 Å². The second-order valence-corrected chi connectivity index (χ2v) is 7.38. The van der Waals surface area contributed by atoms with Crippen LogP contribution in [-0.4, -0.2) is 27.9 Å². The summed E-state index contributed by atoms with van der Waals surface area (Å²) in [4.78, 5) is 29.8. The molecule has 0 amide bonds. The van der Waals surface area contributed by atoms with Gasteiger partial charge in [0, 0.05) is 0 Å². The number of hydrogen-bond donors (Lipinski definition) is 0. The molecule has 0 aliphatic rings. The average Bonchev–Trinajstić information content (AvgIpc) is 2.63. The molecule has 26 heavy (non-hydrogen) atoms. The number of nitrogens with zero attached hydrogens (tertiary/aromatic N) is 2. The van der Waals surface area contributed by atoms with Crippen LogP contribution in [0.1, 0.15) is 18.1 Å². The van der Waals surface area contributed by atoms with Crippen molar-refractivity contribution >= 4 is 28.6 Å². The first-order chi connectivity index (χ1) is 12.4. The first-order valence-electron chi connectivity index (χ1n) is 8.27. The van der Waals surface area contributed by atoms with Crippen molar-refractivity contribution in [3.05, 3.63) is 63.9 Å². The largest absolute Gasteiger partial charge is 0.468 e. The molecule has 0 saturated heterocycles. The van der Waals surface area contributed by atoms with E-state index in [2.05, 4.69) is 4.98 Å². The molecule has 0 aliphatic carbocycles. The predicted octanol–water partition coefficient (Wildman–Crippen LogP) is 3.66. The zero-order valence-corrected chi connectivity index (χ0v) is 16.0. The van der Waals surface area contributed by atoms with Gasteiger partial charge in [-0.2, -0.15) is 0 Å². The quantitative estimate of drug-likeness (QED) is 0.400. The van der Waals surface area contributed by atoms with Gasteiger partial charge in [-0.1, -0.05) is 42.1 Å². The van der Waals surface area contributed by atoms with Gasteiger partial charge in [-0.25, -0.2) is 4.98 Å². The van der Waals surface area contributed by atoms with Gasteiger partial charge in [0.2, 0.25) is 0 Å². The Morgan fingerprint density at radius 2 is 1.77 bits per heavy atom. The van der Waals surface area contributed by atoms with Crippen LogP contribution < -0.4 is 5.56 Å². The fraction of sp³-hybridized carbons (Fsp3) is 0.250. The lowest BCUT2D eigenvalue weighted by Gasteiger charge is -2.18. The van der Waals surface area contributed by atoms with Crippen LogP contribution in [0.2, 0.25) is 0 Å². The number of aryl methyl sites for hydroxylation is 2. The average molecular weight is 368 g/mol. The molecule has 1 atom stereocenters. The van der Waals surface area contributed by atoms with Crippen molar-refractivity contribution < 1.29 is 9.53 Å². The normalized spacial score (nSPS) is 12.2. The van der Waals surface area contributed by atoms with Crippen molar-refractivity contribution in [2.45, 2.75) is 31.2 Å². The van der Waals surface area contributed by atoms with Gasteiger partial charge in [0.25, 0.3) is 5.56 Å². The number of thioether (sulfide) groups is 1. The summed E-state index contributed by atoms with van der Waals surface area (Å²) in [5.74, 6) is -0.356. The summed E-state index contributed by atoms with van der Waals surface area (Å²) in [5.41, 5.74) is 3.20. The molecule has 0 unspecified atom stereocenters. The molecule has 1 heterocycles. The minimum absolute atomic E-state index is 0.146. The topological polar surface area (TPSA) is 61.2 Å². The molecular formula is C20H20N2O3S. The Morgan fingerprint density at radius 1 is 1.12 bits per heavy atom. The summed E-state index contributed by atoms with van der Waals surface area (Å²) >= 11 is 1.22. The van der Waals surface area contributed by atoms with Gasteiger partial charge < -0.3 is 4.74 Å². The number of carbonyl (C=O) groups excluding carboxylic acids is 1. The zero-order valence-electron chi connectivity index (χ0n) is 15.1. The van der Waals surface area contributed by atoms with Crippen molar-refractivity contribution in [1.29, 1.82) is 0 Å². The fourth-order valence-electron chi connectivity index (χ4n) is 2.92. The lowest BCUT2D eigenvalue weighted by Crippen LogP contribution is -2.25. The molecule has 0 fully saturated rings. The number of aromatic nitrogens is 2. The zero-order chi connectivity index (χ0) is 18.8. The van der Waals surface area contributed by atoms with Gasteiger partial charge in [0.05, 0.1) is 23.7 Å². The minimum Gasteiger partial charge on any atom is -0.468 e. The van der Waals surface area contributed by atoms with Crippen LogP contribution >= 0.6 is 11.8 Å². The number of hydrogen-bond acceptors (Lipinski definition) is 5. The van der Waals surface area contributed by atoms with Gasteiger partial charge in [-0.05, 0) is 44.0 Å². The first kappa shape index (κ1) is 18.2. The molecule has 3 aromatic rings. The lowest BCUT2D eigenvalue weighted by atomic mass is 10.1. The highest BCUT2D eigenvalue weighted by Gasteiger charge is 2.21. The molecule has 5 nitrogen and oxygen atoms in total. The molecule has 0 spiro atoms. The van der Waals surface area contributed by atoms with Crippen molar-refractivity contribution in [2.24, 2.45) is 0 Å². The van der Waals surface area contributed by atoms with Crippen molar-refractivity contribution in [3.63, 3.8) is 0 Å². The van der Waals surface area contributed by atoms with Crippen LogP contribution in [-0.2, 0) is 9.53 Å². The van der Waals surface area contributed by atoms with E-state index < -0.39 is 5.25 Å². The monoisotopic (exact) mass is 368 g/mol. The van der Waals surface area contributed by atoms with Gasteiger partial charge in [-0.15, -0.1) is 0 Å². The van der Waals surface area contributed by atoms with E-state index in [1.165, 1.54) is 18.9 Å². The molecule has 0 radical (unpaired) electrons. The number of fused-ring (bicyclic) bond motifs is 1. The molecule has 3 rings (SSSR count). The summed E-state index contributed by atoms with van der Waals surface area (Å²) in [6.45, 7) is 5.66. The second-order valence-electron chi connectivity index (χ2n) is 6.08. The smallest absolute Gasteiger partial charge is 0.318 e. The maximum Gasteiger partial charge on any atom is 0.318 e. The third kappa shape index (κ3) is 3.24. The van der Waals surface area contributed by atoms with E-state index in [1.807, 2.05) is 44.2 Å². The summed E-state index contributed by atoms with van der Waals surface area (Å²) in [5, 5.41) is 0.540. The molecule has 134 valence electrons. The standard InChI is InChI=1S/C20H20N2O3S/c1-12-8-7-9-13(2)17(12)22-18(23)15-10-5-6-11-16(15)21-20(22)26-14(3)19(24)25-4/h5-11,14H,1-4H3/t14-/m0/s1. The summed E-state index contributed by atoms with van der Waals surface area (Å²) in [6, 6.07) is 13.1. The van der Waals surface area contributed by atoms with Crippen LogP contribution in [0, 0.1) is 13.8 Å². The van der Waals surface area contributed by atoms with Gasteiger partial charge in [-0.3, -0.25) is 14.2 Å². The SMILES string of the molecule is COC(=O)[C@H](C)Sc1nc2ccccc2c(=O)n1-c1c(C)cccc1C. The Hall–Kier alpha value is -2.60. The highest BCUT2D eigenvalue weighted by atomic mass is 32.2. The Morgan fingerprint density at radius 3 is 2.42 bits per heavy atom. The second kappa shape index (κ2) is 7.33. The fourth-order valence-corrected chi connectivity index (χ4v) is 3.86. The van der Waals surface area contributed by atoms with Gasteiger partial charge in [0.1, 0.15) is 5.25 Å². The van der Waals surface area contributed by atoms with E-state index in [1.54, 1.807) is 23.6 Å². The number of ether oxygens (including phenoxy) is 1. The predicted molar refractivity (Wildman–Crippen MR) is 104 cm³/mol. The van der Waals surface area contributed by atoms with Crippen molar-refractivity contribution in [2.75, 3.05) is 7.11 Å². The van der Waals surface area contributed by atoms with E-state index in [0.717, 1.165) is 16.8 Å². The van der Waals surface area contributed by atoms with Crippen LogP contribution in [0.15, 0.2) is 52.4 Å². The molecule has 0 saturated carbocycles. The number of methoxy groups -OCH3 is 1. The summed E-state index contributed by atoms with van der Waals surface area (Å²) in [6.07, 6.45) is 0. The number of carbonyl (C=O) groups is 1.